The SMILES string of the molecule is COC(=O)c1ccc2c(c1)CC(=O)C(C)=C(C)O2. The highest BCUT2D eigenvalue weighted by molar-refractivity contribution is 5.98. The molecule has 0 fully saturated rings. The second kappa shape index (κ2) is 4.64. The molecule has 1 aromatic carbocycles. The first-order valence-corrected chi connectivity index (χ1v) is 5.62. The predicted octanol–water partition coefficient (Wildman–Crippen LogP) is 2.27. The molecule has 1 aliphatic heterocycles. The average Bonchev–Trinajstić information content (AvgIpc) is 2.47. The third-order valence-corrected chi connectivity index (χ3v) is 3.04. The summed E-state index contributed by atoms with van der Waals surface area (Å²) in [5, 5.41) is 0. The van der Waals surface area contributed by atoms with Crippen LogP contribution in [0.2, 0.25) is 0 Å². The van der Waals surface area contributed by atoms with Crippen LogP contribution < -0.4 is 4.74 Å². The number of rotatable bonds is 1. The van der Waals surface area contributed by atoms with E-state index < -0.39 is 5.97 Å². The topological polar surface area (TPSA) is 52.6 Å². The molecule has 2 rings (SSSR count). The number of methoxy groups -OCH3 is 1. The molecule has 1 aromatic rings. The normalized spacial score (nSPS) is 14.7. The Balaban J connectivity index is 2.44. The lowest BCUT2D eigenvalue weighted by Crippen LogP contribution is -2.05. The molecule has 94 valence electrons. The monoisotopic (exact) mass is 246 g/mol. The van der Waals surface area contributed by atoms with Crippen LogP contribution in [0.1, 0.15) is 29.8 Å². The maximum absolute atomic E-state index is 11.9. The van der Waals surface area contributed by atoms with Gasteiger partial charge in [-0.25, -0.2) is 4.79 Å². The van der Waals surface area contributed by atoms with E-state index in [1.165, 1.54) is 7.11 Å². The van der Waals surface area contributed by atoms with Crippen molar-refractivity contribution >= 4 is 11.8 Å². The van der Waals surface area contributed by atoms with Crippen LogP contribution in [0.4, 0.5) is 0 Å². The second-order valence-electron chi connectivity index (χ2n) is 4.20. The molecule has 0 N–H and O–H groups in total. The summed E-state index contributed by atoms with van der Waals surface area (Å²) in [5.41, 5.74) is 1.75. The van der Waals surface area contributed by atoms with Gasteiger partial charge >= 0.3 is 5.97 Å². The van der Waals surface area contributed by atoms with Crippen LogP contribution in [0.15, 0.2) is 29.5 Å². The van der Waals surface area contributed by atoms with E-state index in [2.05, 4.69) is 4.74 Å². The van der Waals surface area contributed by atoms with Crippen molar-refractivity contribution in [2.45, 2.75) is 20.3 Å². The fourth-order valence-electron chi connectivity index (χ4n) is 1.81. The van der Waals surface area contributed by atoms with E-state index in [1.54, 1.807) is 32.0 Å². The molecule has 0 aliphatic carbocycles. The summed E-state index contributed by atoms with van der Waals surface area (Å²) in [6.07, 6.45) is 0.239. The standard InChI is InChI=1S/C14H14O4/c1-8-9(2)18-13-5-4-10(14(16)17-3)6-11(13)7-12(8)15/h4-6H,7H2,1-3H3. The Morgan fingerprint density at radius 2 is 2.06 bits per heavy atom. The molecule has 0 saturated heterocycles. The van der Waals surface area contributed by atoms with Gasteiger partial charge in [-0.1, -0.05) is 0 Å². The molecule has 0 bridgehead atoms. The van der Waals surface area contributed by atoms with Crippen molar-refractivity contribution < 1.29 is 19.1 Å². The molecular formula is C14H14O4. The van der Waals surface area contributed by atoms with Crippen LogP contribution in [0, 0.1) is 0 Å². The van der Waals surface area contributed by atoms with Crippen LogP contribution in [0.5, 0.6) is 5.75 Å². The van der Waals surface area contributed by atoms with Gasteiger partial charge in [-0.2, -0.15) is 0 Å². The quantitative estimate of drug-likeness (QED) is 0.713. The summed E-state index contributed by atoms with van der Waals surface area (Å²) in [5.74, 6) is 0.805. The maximum atomic E-state index is 11.9. The van der Waals surface area contributed by atoms with Gasteiger partial charge in [0.1, 0.15) is 11.5 Å². The van der Waals surface area contributed by atoms with Gasteiger partial charge in [-0.3, -0.25) is 4.79 Å². The Morgan fingerprint density at radius 1 is 1.33 bits per heavy atom. The zero-order valence-electron chi connectivity index (χ0n) is 10.6. The molecule has 0 spiro atoms. The zero-order valence-corrected chi connectivity index (χ0v) is 10.6. The third-order valence-electron chi connectivity index (χ3n) is 3.04. The lowest BCUT2D eigenvalue weighted by molar-refractivity contribution is -0.115. The molecule has 0 amide bonds. The molecule has 0 radical (unpaired) electrons. The molecule has 0 saturated carbocycles. The van der Waals surface area contributed by atoms with E-state index in [0.29, 0.717) is 28.2 Å². The van der Waals surface area contributed by atoms with Gasteiger partial charge in [0.05, 0.1) is 12.7 Å². The van der Waals surface area contributed by atoms with Crippen molar-refractivity contribution in [3.63, 3.8) is 0 Å². The summed E-state index contributed by atoms with van der Waals surface area (Å²) in [4.78, 5) is 23.3. The highest BCUT2D eigenvalue weighted by Gasteiger charge is 2.20. The number of ketones is 1. The number of benzene rings is 1. The molecule has 18 heavy (non-hydrogen) atoms. The van der Waals surface area contributed by atoms with Gasteiger partial charge < -0.3 is 9.47 Å². The number of allylic oxidation sites excluding steroid dienone is 2. The van der Waals surface area contributed by atoms with Crippen molar-refractivity contribution in [1.29, 1.82) is 0 Å². The van der Waals surface area contributed by atoms with E-state index in [9.17, 15) is 9.59 Å². The third kappa shape index (κ3) is 2.14. The van der Waals surface area contributed by atoms with Crippen molar-refractivity contribution in [2.75, 3.05) is 7.11 Å². The van der Waals surface area contributed by atoms with E-state index in [4.69, 9.17) is 4.74 Å². The van der Waals surface area contributed by atoms with Crippen molar-refractivity contribution in [3.8, 4) is 5.75 Å². The van der Waals surface area contributed by atoms with Gasteiger partial charge in [0, 0.05) is 17.6 Å². The molecule has 0 atom stereocenters. The number of carbonyl (C=O) groups is 2. The lowest BCUT2D eigenvalue weighted by Gasteiger charge is -2.09. The van der Waals surface area contributed by atoms with Crippen LogP contribution in [0.3, 0.4) is 0 Å². The van der Waals surface area contributed by atoms with Crippen molar-refractivity contribution in [1.82, 2.24) is 0 Å². The first kappa shape index (κ1) is 12.4. The first-order valence-electron chi connectivity index (χ1n) is 5.62. The molecule has 1 aliphatic rings. The smallest absolute Gasteiger partial charge is 0.337 e. The molecule has 0 aromatic heterocycles. The summed E-state index contributed by atoms with van der Waals surface area (Å²) in [6, 6.07) is 4.96. The van der Waals surface area contributed by atoms with E-state index in [1.807, 2.05) is 0 Å². The highest BCUT2D eigenvalue weighted by Crippen LogP contribution is 2.28. The van der Waals surface area contributed by atoms with E-state index in [0.717, 1.165) is 0 Å². The highest BCUT2D eigenvalue weighted by atomic mass is 16.5. The van der Waals surface area contributed by atoms with E-state index >= 15 is 0 Å². The number of hydrogen-bond acceptors (Lipinski definition) is 4. The van der Waals surface area contributed by atoms with Crippen LogP contribution in [0.25, 0.3) is 0 Å². The molecule has 4 nitrogen and oxygen atoms in total. The largest absolute Gasteiger partial charge is 0.465 e. The fraction of sp³-hybridized carbons (Fsp3) is 0.286. The Labute approximate surface area is 105 Å². The predicted molar refractivity (Wildman–Crippen MR) is 65.5 cm³/mol. The number of Topliss-reactive ketones (excluding diaryl/α,β-unsaturated/α-hetero) is 1. The Morgan fingerprint density at radius 3 is 2.72 bits per heavy atom. The Hall–Kier alpha value is -2.10. The molecule has 0 unspecified atom stereocenters. The number of fused-ring (bicyclic) bond motifs is 1. The molecule has 4 heteroatoms. The van der Waals surface area contributed by atoms with Crippen LogP contribution in [-0.2, 0) is 16.0 Å². The minimum atomic E-state index is -0.420. The summed E-state index contributed by atoms with van der Waals surface area (Å²) in [7, 11) is 1.32. The minimum absolute atomic E-state index is 0.00765. The minimum Gasteiger partial charge on any atom is -0.465 e. The fourth-order valence-corrected chi connectivity index (χ4v) is 1.81. The summed E-state index contributed by atoms with van der Waals surface area (Å²) < 4.78 is 10.3. The second-order valence-corrected chi connectivity index (χ2v) is 4.20. The number of esters is 1. The van der Waals surface area contributed by atoms with Gasteiger partial charge in [0.2, 0.25) is 0 Å². The summed E-state index contributed by atoms with van der Waals surface area (Å²) >= 11 is 0. The lowest BCUT2D eigenvalue weighted by atomic mass is 10.0. The van der Waals surface area contributed by atoms with Crippen molar-refractivity contribution in [3.05, 3.63) is 40.7 Å². The van der Waals surface area contributed by atoms with E-state index in [-0.39, 0.29) is 12.2 Å². The van der Waals surface area contributed by atoms with Gasteiger partial charge in [-0.15, -0.1) is 0 Å². The molecule has 1 heterocycles. The van der Waals surface area contributed by atoms with Crippen LogP contribution >= 0.6 is 0 Å². The molecular weight excluding hydrogens is 232 g/mol. The summed E-state index contributed by atoms with van der Waals surface area (Å²) in [6.45, 7) is 3.50. The Bertz CT molecular complexity index is 555. The maximum Gasteiger partial charge on any atom is 0.337 e. The average molecular weight is 246 g/mol. The number of hydrogen-bond donors (Lipinski definition) is 0. The van der Waals surface area contributed by atoms with Crippen molar-refractivity contribution in [2.24, 2.45) is 0 Å². The van der Waals surface area contributed by atoms with Crippen LogP contribution in [-0.4, -0.2) is 18.9 Å². The van der Waals surface area contributed by atoms with Gasteiger partial charge in [0.15, 0.2) is 5.78 Å². The first-order chi connectivity index (χ1) is 8.52. The Kier molecular flexibility index (Phi) is 3.19. The van der Waals surface area contributed by atoms with Gasteiger partial charge in [-0.05, 0) is 32.0 Å². The number of carbonyl (C=O) groups excluding carboxylic acids is 2. The zero-order chi connectivity index (χ0) is 13.3. The van der Waals surface area contributed by atoms with Gasteiger partial charge in [0.25, 0.3) is 0 Å². The number of ether oxygens (including phenoxy) is 2.